The van der Waals surface area contributed by atoms with E-state index in [2.05, 4.69) is 0 Å². The molecule has 0 aliphatic carbocycles. The molecule has 0 rings (SSSR count). The molecule has 0 aliphatic heterocycles. The van der Waals surface area contributed by atoms with Crippen LogP contribution < -0.4 is 58.8 Å². The fraction of sp³-hybridized carbons (Fsp3) is 0. The number of rotatable bonds is 0. The summed E-state index contributed by atoms with van der Waals surface area (Å²) < 4.78 is 0. The molecule has 5 heavy (non-hydrogen) atoms. The van der Waals surface area contributed by atoms with E-state index in [1.54, 1.807) is 0 Å². The van der Waals surface area contributed by atoms with E-state index in [1.165, 1.54) is 0 Å². The Morgan fingerprint density at radius 2 is 0.600 bits per heavy atom. The van der Waals surface area contributed by atoms with Crippen molar-refractivity contribution in [3.8, 4) is 0 Å². The third kappa shape index (κ3) is 22.4. The topological polar surface area (TPSA) is 0 Å². The summed E-state index contributed by atoms with van der Waals surface area (Å²) in [5, 5.41) is 0. The Morgan fingerprint density at radius 3 is 0.600 bits per heavy atom. The first kappa shape index (κ1) is 56.5. The van der Waals surface area contributed by atoms with E-state index in [9.17, 15) is 0 Å². The zero-order valence-corrected chi connectivity index (χ0v) is 8.78. The van der Waals surface area contributed by atoms with Gasteiger partial charge in [-0.3, -0.25) is 0 Å². The van der Waals surface area contributed by atoms with Crippen LogP contribution >= 0.6 is 0 Å². The van der Waals surface area contributed by atoms with Gasteiger partial charge < -0.3 is 58.8 Å². The Kier molecular flexibility index (Phi) is 387. The molecule has 0 aromatic carbocycles. The number of hydrogen-bond acceptors (Lipinski definition) is 0. The van der Waals surface area contributed by atoms with Gasteiger partial charge in [-0.05, 0) is 0 Å². The van der Waals surface area contributed by atoms with Crippen molar-refractivity contribution in [1.82, 2.24) is 0 Å². The van der Waals surface area contributed by atoms with Crippen molar-refractivity contribution in [3.63, 3.8) is 0 Å². The van der Waals surface area contributed by atoms with Gasteiger partial charge in [-0.15, -0.1) is 0 Å². The molecule has 0 saturated carbocycles. The summed E-state index contributed by atoms with van der Waals surface area (Å²) in [5.41, 5.74) is 0. The molecule has 0 saturated heterocycles. The van der Waals surface area contributed by atoms with Crippen LogP contribution in [0.2, 0.25) is 0 Å². The first-order chi connectivity index (χ1) is 0. The molecule has 0 aromatic heterocycles. The van der Waals surface area contributed by atoms with Gasteiger partial charge in [0.05, 0.1) is 0 Å². The van der Waals surface area contributed by atoms with E-state index >= 15 is 0 Å². The van der Waals surface area contributed by atoms with Crippen LogP contribution in [0.25, 0.3) is 0 Å². The Bertz CT molecular complexity index is 7.61. The quantitative estimate of drug-likeness (QED) is 0.362. The van der Waals surface area contributed by atoms with E-state index in [0.717, 1.165) is 0 Å². The minimum absolute atomic E-state index is 0. The average molecular weight is 426 g/mol. The molecule has 0 heterocycles. The van der Waals surface area contributed by atoms with Crippen LogP contribution in [0.1, 0.15) is 0 Å². The third-order valence-electron chi connectivity index (χ3n) is 0. The molecule has 0 N–H and O–H groups in total. The minimum Gasteiger partial charge on any atom is -1.00 e. The summed E-state index contributed by atoms with van der Waals surface area (Å²) >= 11 is 0. The van der Waals surface area contributed by atoms with Crippen molar-refractivity contribution in [3.05, 3.63) is 0 Å². The molecule has 0 nitrogen and oxygen atoms in total. The molecule has 0 spiro atoms. The smallest absolute Gasteiger partial charge is 1.00 e. The fourth-order valence-electron chi connectivity index (χ4n) is 0. The van der Waals surface area contributed by atoms with Gasteiger partial charge in [0.25, 0.3) is 0 Å². The van der Waals surface area contributed by atoms with Crippen molar-refractivity contribution in [2.75, 3.05) is 0 Å². The van der Waals surface area contributed by atoms with E-state index < -0.39 is 0 Å². The predicted octanol–water partition coefficient (Wildman–Crippen LogP) is -12.0. The summed E-state index contributed by atoms with van der Waals surface area (Å²) in [7, 11) is 0. The maximum atomic E-state index is 0. The SMILES string of the molecule is [Br-].[Br-].[Cl-].[Cl-].[Pt+4]. The van der Waals surface area contributed by atoms with E-state index in [0.29, 0.717) is 0 Å². The van der Waals surface area contributed by atoms with Gasteiger partial charge in [0, 0.05) is 0 Å². The van der Waals surface area contributed by atoms with Gasteiger partial charge in [0.2, 0.25) is 0 Å². The second-order valence-electron chi connectivity index (χ2n) is 0. The summed E-state index contributed by atoms with van der Waals surface area (Å²) in [4.78, 5) is 0. The second-order valence-corrected chi connectivity index (χ2v) is 0. The Hall–Kier alpha value is 2.23. The van der Waals surface area contributed by atoms with Gasteiger partial charge >= 0.3 is 21.1 Å². The summed E-state index contributed by atoms with van der Waals surface area (Å²) in [6, 6.07) is 0. The molecule has 38 valence electrons. The van der Waals surface area contributed by atoms with E-state index in [-0.39, 0.29) is 79.8 Å². The molecular weight excluding hydrogens is 426 g/mol. The van der Waals surface area contributed by atoms with Gasteiger partial charge in [0.1, 0.15) is 0 Å². The second kappa shape index (κ2) is 34.3. The van der Waals surface area contributed by atoms with Crippen LogP contribution in [0.3, 0.4) is 0 Å². The van der Waals surface area contributed by atoms with Gasteiger partial charge in [-0.1, -0.05) is 0 Å². The molecule has 0 unspecified atom stereocenters. The molecule has 0 fully saturated rings. The Morgan fingerprint density at radius 1 is 0.600 bits per heavy atom. The Labute approximate surface area is 79.1 Å². The van der Waals surface area contributed by atoms with E-state index in [1.807, 2.05) is 0 Å². The third-order valence-corrected chi connectivity index (χ3v) is 0. The number of halogens is 4. The summed E-state index contributed by atoms with van der Waals surface area (Å²) in [5.74, 6) is 0. The van der Waals surface area contributed by atoms with Crippen molar-refractivity contribution < 1.29 is 79.8 Å². The van der Waals surface area contributed by atoms with Crippen LogP contribution in [0.15, 0.2) is 0 Å². The van der Waals surface area contributed by atoms with Gasteiger partial charge in [-0.2, -0.15) is 0 Å². The zero-order valence-electron chi connectivity index (χ0n) is 1.83. The first-order valence-corrected chi connectivity index (χ1v) is 0. The summed E-state index contributed by atoms with van der Waals surface area (Å²) in [6.45, 7) is 0. The van der Waals surface area contributed by atoms with Crippen molar-refractivity contribution >= 4 is 0 Å². The van der Waals surface area contributed by atoms with Gasteiger partial charge in [-0.25, -0.2) is 0 Å². The average Bonchev–Trinajstić information content (AvgIpc) is 0. The van der Waals surface area contributed by atoms with Crippen LogP contribution in [-0.4, -0.2) is 0 Å². The maximum Gasteiger partial charge on any atom is 4.00 e. The zero-order chi connectivity index (χ0) is 0. The largest absolute Gasteiger partial charge is 4.00 e. The van der Waals surface area contributed by atoms with E-state index in [4.69, 9.17) is 0 Å². The number of hydrogen-bond donors (Lipinski definition) is 0. The predicted molar refractivity (Wildman–Crippen MR) is 0 cm³/mol. The first-order valence-electron chi connectivity index (χ1n) is 0. The van der Waals surface area contributed by atoms with Crippen molar-refractivity contribution in [1.29, 1.82) is 0 Å². The minimum atomic E-state index is 0. The fourth-order valence-corrected chi connectivity index (χ4v) is 0. The molecule has 5 heteroatoms. The van der Waals surface area contributed by atoms with Crippen LogP contribution in [0.4, 0.5) is 0 Å². The maximum absolute atomic E-state index is 0. The Balaban J connectivity index is 0. The van der Waals surface area contributed by atoms with Crippen LogP contribution in [0.5, 0.6) is 0 Å². The monoisotopic (exact) mass is 423 g/mol. The normalized spacial score (nSPS) is 0. The molecule has 0 aliphatic rings. The van der Waals surface area contributed by atoms with Crippen LogP contribution in [0, 0.1) is 0 Å². The molecule has 0 amide bonds. The molecule has 0 radical (unpaired) electrons. The standard InChI is InChI=1S/2BrH.2ClH.Pt/h4*1H;/q;;;;+4/p-4. The molecule has 0 atom stereocenters. The van der Waals surface area contributed by atoms with Crippen molar-refractivity contribution in [2.24, 2.45) is 0 Å². The van der Waals surface area contributed by atoms with Gasteiger partial charge in [0.15, 0.2) is 0 Å². The summed E-state index contributed by atoms with van der Waals surface area (Å²) in [6.07, 6.45) is 0. The van der Waals surface area contributed by atoms with Crippen LogP contribution in [-0.2, 0) is 21.1 Å². The molecular formula is Br2Cl2Pt. The van der Waals surface area contributed by atoms with Crippen molar-refractivity contribution in [2.45, 2.75) is 0 Å². The molecule has 0 bridgehead atoms. The molecule has 0 aromatic rings.